The first-order valence-electron chi connectivity index (χ1n) is 4.86. The number of hydrogen-bond donors (Lipinski definition) is 0. The van der Waals surface area contributed by atoms with Gasteiger partial charge in [0.2, 0.25) is 0 Å². The number of alkyl halides is 1. The highest BCUT2D eigenvalue weighted by Gasteiger charge is 2.05. The number of hydrogen-bond acceptors (Lipinski definition) is 4. The molecule has 6 heteroatoms. The van der Waals surface area contributed by atoms with E-state index in [-0.39, 0.29) is 6.01 Å². The van der Waals surface area contributed by atoms with E-state index in [0.717, 1.165) is 11.3 Å². The Kier molecular flexibility index (Phi) is 3.76. The smallest absolute Gasteiger partial charge is 0.322 e. The van der Waals surface area contributed by atoms with E-state index in [1.807, 2.05) is 6.92 Å². The van der Waals surface area contributed by atoms with Crippen LogP contribution in [0.4, 0.5) is 0 Å². The highest BCUT2D eigenvalue weighted by atomic mass is 35.5. The van der Waals surface area contributed by atoms with Crippen molar-refractivity contribution < 1.29 is 4.74 Å². The second-order valence-electron chi connectivity index (χ2n) is 3.34. The Hall–Kier alpha value is -1.39. The molecule has 0 saturated heterocycles. The lowest BCUT2D eigenvalue weighted by molar-refractivity contribution is 0.438. The molecular formula is C11H9Cl2N3O. The minimum absolute atomic E-state index is 0.250. The Balaban J connectivity index is 2.22. The number of ether oxygens (including phenoxy) is 1. The van der Waals surface area contributed by atoms with Gasteiger partial charge in [0.25, 0.3) is 0 Å². The number of aromatic nitrogens is 3. The van der Waals surface area contributed by atoms with Crippen LogP contribution in [0.5, 0.6) is 11.8 Å². The molecule has 0 spiro atoms. The summed E-state index contributed by atoms with van der Waals surface area (Å²) in [7, 11) is 0. The van der Waals surface area contributed by atoms with Gasteiger partial charge in [0.15, 0.2) is 5.75 Å². The summed E-state index contributed by atoms with van der Waals surface area (Å²) in [6, 6.07) is 1.89. The normalized spacial score (nSPS) is 10.3. The lowest BCUT2D eigenvalue weighted by Gasteiger charge is -2.05. The Morgan fingerprint density at radius 3 is 2.76 bits per heavy atom. The topological polar surface area (TPSA) is 47.9 Å². The molecule has 0 unspecified atom stereocenters. The average molecular weight is 270 g/mol. The largest absolute Gasteiger partial charge is 0.423 e. The molecule has 4 nitrogen and oxygen atoms in total. The van der Waals surface area contributed by atoms with E-state index < -0.39 is 0 Å². The fourth-order valence-electron chi connectivity index (χ4n) is 1.20. The van der Waals surface area contributed by atoms with Crippen molar-refractivity contribution in [2.75, 3.05) is 0 Å². The molecule has 0 fully saturated rings. The van der Waals surface area contributed by atoms with Crippen LogP contribution in [0.3, 0.4) is 0 Å². The van der Waals surface area contributed by atoms with Gasteiger partial charge in [0.05, 0.1) is 17.1 Å². The van der Waals surface area contributed by atoms with E-state index in [9.17, 15) is 0 Å². The van der Waals surface area contributed by atoms with Crippen LogP contribution >= 0.6 is 23.2 Å². The van der Waals surface area contributed by atoms with Crippen LogP contribution in [-0.2, 0) is 5.88 Å². The maximum Gasteiger partial charge on any atom is 0.322 e. The molecule has 0 aliphatic carbocycles. The molecule has 17 heavy (non-hydrogen) atoms. The van der Waals surface area contributed by atoms with Gasteiger partial charge in [-0.25, -0.2) is 4.98 Å². The van der Waals surface area contributed by atoms with E-state index in [0.29, 0.717) is 16.7 Å². The minimum atomic E-state index is 0.250. The van der Waals surface area contributed by atoms with Gasteiger partial charge in [-0.2, -0.15) is 4.98 Å². The summed E-state index contributed by atoms with van der Waals surface area (Å²) in [4.78, 5) is 12.1. The van der Waals surface area contributed by atoms with Crippen molar-refractivity contribution in [1.29, 1.82) is 0 Å². The summed E-state index contributed by atoms with van der Waals surface area (Å²) in [6.45, 7) is 1.85. The van der Waals surface area contributed by atoms with Gasteiger partial charge in [-0.05, 0) is 6.92 Å². The van der Waals surface area contributed by atoms with Crippen LogP contribution in [0.25, 0.3) is 0 Å². The quantitative estimate of drug-likeness (QED) is 0.802. The van der Waals surface area contributed by atoms with Crippen LogP contribution in [0.2, 0.25) is 5.02 Å². The Morgan fingerprint density at radius 2 is 2.12 bits per heavy atom. The van der Waals surface area contributed by atoms with Crippen molar-refractivity contribution >= 4 is 23.2 Å². The van der Waals surface area contributed by atoms with E-state index in [1.54, 1.807) is 18.5 Å². The first kappa shape index (κ1) is 12.1. The summed E-state index contributed by atoms with van der Waals surface area (Å²) in [5, 5.41) is 0.497. The second-order valence-corrected chi connectivity index (χ2v) is 4.04. The Morgan fingerprint density at radius 1 is 1.29 bits per heavy atom. The lowest BCUT2D eigenvalue weighted by Crippen LogP contribution is -1.97. The zero-order valence-electron chi connectivity index (χ0n) is 9.02. The molecule has 0 atom stereocenters. The fourth-order valence-corrected chi connectivity index (χ4v) is 1.63. The van der Waals surface area contributed by atoms with Gasteiger partial charge < -0.3 is 4.74 Å². The van der Waals surface area contributed by atoms with Crippen LogP contribution in [-0.4, -0.2) is 15.0 Å². The molecule has 0 bridgehead atoms. The van der Waals surface area contributed by atoms with Crippen LogP contribution in [0.15, 0.2) is 24.7 Å². The SMILES string of the molecule is Cc1nc(Oc2cncc(Cl)c2)ncc1CCl. The molecule has 0 radical (unpaired) electrons. The molecule has 88 valence electrons. The molecule has 2 aromatic rings. The fraction of sp³-hybridized carbons (Fsp3) is 0.182. The number of aryl methyl sites for hydroxylation is 1. The number of halogens is 2. The average Bonchev–Trinajstić information content (AvgIpc) is 2.29. The van der Waals surface area contributed by atoms with E-state index in [1.165, 1.54) is 6.20 Å². The zero-order valence-corrected chi connectivity index (χ0v) is 10.5. The van der Waals surface area contributed by atoms with Crippen molar-refractivity contribution in [1.82, 2.24) is 15.0 Å². The molecule has 0 saturated carbocycles. The van der Waals surface area contributed by atoms with Crippen LogP contribution < -0.4 is 4.74 Å². The molecule has 0 aromatic carbocycles. The van der Waals surface area contributed by atoms with E-state index >= 15 is 0 Å². The third-order valence-corrected chi connectivity index (χ3v) is 2.59. The second kappa shape index (κ2) is 5.29. The van der Waals surface area contributed by atoms with Gasteiger partial charge >= 0.3 is 6.01 Å². The maximum absolute atomic E-state index is 5.79. The maximum atomic E-state index is 5.79. The summed E-state index contributed by atoms with van der Waals surface area (Å²) >= 11 is 11.5. The molecule has 0 amide bonds. The van der Waals surface area contributed by atoms with Gasteiger partial charge in [-0.1, -0.05) is 11.6 Å². The Bertz CT molecular complexity index is 534. The number of rotatable bonds is 3. The summed E-state index contributed by atoms with van der Waals surface area (Å²) in [5.74, 6) is 0.876. The van der Waals surface area contributed by atoms with Gasteiger partial charge in [0, 0.05) is 29.7 Å². The van der Waals surface area contributed by atoms with Crippen molar-refractivity contribution in [3.63, 3.8) is 0 Å². The molecule has 2 aromatic heterocycles. The van der Waals surface area contributed by atoms with Crippen LogP contribution in [0.1, 0.15) is 11.3 Å². The molecule has 0 aliphatic heterocycles. The first-order valence-corrected chi connectivity index (χ1v) is 5.77. The summed E-state index contributed by atoms with van der Waals surface area (Å²) in [5.41, 5.74) is 1.67. The predicted molar refractivity (Wildman–Crippen MR) is 65.6 cm³/mol. The minimum Gasteiger partial charge on any atom is -0.423 e. The van der Waals surface area contributed by atoms with Crippen molar-refractivity contribution in [2.45, 2.75) is 12.8 Å². The summed E-state index contributed by atoms with van der Waals surface area (Å²) in [6.07, 6.45) is 4.71. The van der Waals surface area contributed by atoms with Gasteiger partial charge in [0.1, 0.15) is 0 Å². The lowest BCUT2D eigenvalue weighted by atomic mass is 10.3. The van der Waals surface area contributed by atoms with Gasteiger partial charge in [-0.15, -0.1) is 11.6 Å². The third-order valence-electron chi connectivity index (χ3n) is 2.09. The summed E-state index contributed by atoms with van der Waals surface area (Å²) < 4.78 is 5.43. The number of pyridine rings is 1. The third kappa shape index (κ3) is 3.05. The predicted octanol–water partition coefficient (Wildman–Crippen LogP) is 3.36. The molecular weight excluding hydrogens is 261 g/mol. The van der Waals surface area contributed by atoms with Crippen LogP contribution in [0, 0.1) is 6.92 Å². The zero-order chi connectivity index (χ0) is 12.3. The molecule has 2 rings (SSSR count). The molecule has 0 N–H and O–H groups in total. The highest BCUT2D eigenvalue weighted by molar-refractivity contribution is 6.30. The number of nitrogens with zero attached hydrogens (tertiary/aromatic N) is 3. The first-order chi connectivity index (χ1) is 8.19. The van der Waals surface area contributed by atoms with Gasteiger partial charge in [-0.3, -0.25) is 4.98 Å². The highest BCUT2D eigenvalue weighted by Crippen LogP contribution is 2.20. The molecule has 2 heterocycles. The Labute approximate surface area is 109 Å². The van der Waals surface area contributed by atoms with E-state index in [2.05, 4.69) is 15.0 Å². The van der Waals surface area contributed by atoms with Crippen molar-refractivity contribution in [3.05, 3.63) is 40.9 Å². The monoisotopic (exact) mass is 269 g/mol. The van der Waals surface area contributed by atoms with Crippen molar-refractivity contribution in [3.8, 4) is 11.8 Å². The standard InChI is InChI=1S/C11H9Cl2N3O/c1-7-8(3-12)4-15-11(16-7)17-10-2-9(13)5-14-6-10/h2,4-6H,3H2,1H3. The van der Waals surface area contributed by atoms with E-state index in [4.69, 9.17) is 27.9 Å². The molecule has 0 aliphatic rings. The van der Waals surface area contributed by atoms with Crippen molar-refractivity contribution in [2.24, 2.45) is 0 Å².